The third kappa shape index (κ3) is 40.7. The average Bonchev–Trinajstić information content (AvgIpc) is 3.12. The number of nitrogens with zero attached hydrogens (tertiary/aromatic N) is 1. The first kappa shape index (κ1) is 53.0. The topological polar surface area (TPSA) is 108 Å². The normalized spacial score (nSPS) is 13.5. The van der Waals surface area contributed by atoms with Gasteiger partial charge in [0, 0.05) is 12.8 Å². The molecule has 322 valence electrons. The summed E-state index contributed by atoms with van der Waals surface area (Å²) in [5.41, 5.74) is 0. The highest BCUT2D eigenvalue weighted by molar-refractivity contribution is 7.47. The van der Waals surface area contributed by atoms with Gasteiger partial charge in [-0.25, -0.2) is 4.57 Å². The zero-order chi connectivity index (χ0) is 40.0. The fraction of sp³-hybridized carbons (Fsp3) is 0.955. The Balaban J connectivity index is 4.14. The van der Waals surface area contributed by atoms with Crippen LogP contribution in [0.4, 0.5) is 0 Å². The fourth-order valence-corrected chi connectivity index (χ4v) is 7.29. The quantitative estimate of drug-likeness (QED) is 0.0282. The molecule has 2 unspecified atom stereocenters. The van der Waals surface area contributed by atoms with Crippen LogP contribution in [0.1, 0.15) is 219 Å². The summed E-state index contributed by atoms with van der Waals surface area (Å²) in [7, 11) is 1.49. The molecule has 54 heavy (non-hydrogen) atoms. The Bertz CT molecular complexity index is 896. The van der Waals surface area contributed by atoms with E-state index in [1.54, 1.807) is 0 Å². The molecule has 0 aromatic carbocycles. The molecule has 0 rings (SSSR count). The van der Waals surface area contributed by atoms with Crippen molar-refractivity contribution in [3.8, 4) is 0 Å². The SMILES string of the molecule is CCCCCCCCCCCCCCCCCCCCCCCC(=O)OCC(COP(=O)(O)OCC[N+](C)(C)C)OC(=O)CCCCCCCCCCC. The number of likely N-dealkylation sites (N-methyl/N-ethyl adjacent to an activating group) is 1. The minimum atomic E-state index is -4.36. The number of unbranched alkanes of at least 4 members (excludes halogenated alkanes) is 28. The van der Waals surface area contributed by atoms with Crippen molar-refractivity contribution in [2.45, 2.75) is 225 Å². The monoisotopic (exact) mass is 791 g/mol. The first-order chi connectivity index (χ1) is 26.0. The Morgan fingerprint density at radius 1 is 0.500 bits per heavy atom. The van der Waals surface area contributed by atoms with E-state index in [4.69, 9.17) is 18.5 Å². The van der Waals surface area contributed by atoms with Gasteiger partial charge in [-0.05, 0) is 12.8 Å². The second-order valence-electron chi connectivity index (χ2n) is 16.8. The smallest absolute Gasteiger partial charge is 0.462 e. The van der Waals surface area contributed by atoms with Crippen molar-refractivity contribution in [1.82, 2.24) is 0 Å². The van der Waals surface area contributed by atoms with Crippen LogP contribution in [0.3, 0.4) is 0 Å². The maximum Gasteiger partial charge on any atom is 0.472 e. The lowest BCUT2D eigenvalue weighted by molar-refractivity contribution is -0.870. The number of rotatable bonds is 42. The number of carbonyl (C=O) groups excluding carboxylic acids is 2. The molecule has 0 aromatic heterocycles. The molecule has 0 fully saturated rings. The fourth-order valence-electron chi connectivity index (χ4n) is 6.54. The van der Waals surface area contributed by atoms with E-state index in [0.717, 1.165) is 32.1 Å². The van der Waals surface area contributed by atoms with E-state index in [2.05, 4.69) is 13.8 Å². The molecule has 0 saturated carbocycles. The second kappa shape index (κ2) is 37.6. The molecule has 0 saturated heterocycles. The van der Waals surface area contributed by atoms with E-state index in [1.165, 1.54) is 154 Å². The largest absolute Gasteiger partial charge is 0.472 e. The van der Waals surface area contributed by atoms with Crippen LogP contribution < -0.4 is 0 Å². The molecule has 1 N–H and O–H groups in total. The third-order valence-corrected chi connectivity index (χ3v) is 11.1. The summed E-state index contributed by atoms with van der Waals surface area (Å²) in [5.74, 6) is -0.787. The van der Waals surface area contributed by atoms with Gasteiger partial charge in [-0.3, -0.25) is 18.6 Å². The van der Waals surface area contributed by atoms with Crippen molar-refractivity contribution in [3.63, 3.8) is 0 Å². The van der Waals surface area contributed by atoms with Crippen LogP contribution in [0.5, 0.6) is 0 Å². The molecular weight excluding hydrogens is 701 g/mol. The van der Waals surface area contributed by atoms with Crippen LogP contribution in [0.2, 0.25) is 0 Å². The van der Waals surface area contributed by atoms with Crippen molar-refractivity contribution in [1.29, 1.82) is 0 Å². The van der Waals surface area contributed by atoms with Crippen molar-refractivity contribution < 1.29 is 42.1 Å². The maximum atomic E-state index is 12.6. The zero-order valence-corrected chi connectivity index (χ0v) is 37.1. The lowest BCUT2D eigenvalue weighted by Crippen LogP contribution is -2.37. The highest BCUT2D eigenvalue weighted by atomic mass is 31.2. The highest BCUT2D eigenvalue weighted by Crippen LogP contribution is 2.43. The standard InChI is InChI=1S/C44H88NO8P/c1-6-8-10-12-14-16-17-18-19-20-21-22-23-24-25-26-27-29-30-32-34-36-43(46)50-40-42(41-52-54(48,49)51-39-38-45(3,4)5)53-44(47)37-35-33-31-28-15-13-11-9-7-2/h42H,6-41H2,1-5H3/p+1. The zero-order valence-electron chi connectivity index (χ0n) is 36.2. The van der Waals surface area contributed by atoms with Gasteiger partial charge < -0.3 is 18.9 Å². The highest BCUT2D eigenvalue weighted by Gasteiger charge is 2.27. The number of ether oxygens (including phenoxy) is 2. The summed E-state index contributed by atoms with van der Waals surface area (Å²) in [6.07, 6.45) is 37.3. The Morgan fingerprint density at radius 2 is 0.833 bits per heavy atom. The minimum Gasteiger partial charge on any atom is -0.462 e. The second-order valence-corrected chi connectivity index (χ2v) is 18.3. The van der Waals surface area contributed by atoms with Gasteiger partial charge in [-0.2, -0.15) is 0 Å². The molecule has 9 nitrogen and oxygen atoms in total. The Morgan fingerprint density at radius 3 is 1.19 bits per heavy atom. The number of phosphoric ester groups is 1. The van der Waals surface area contributed by atoms with E-state index in [1.807, 2.05) is 21.1 Å². The number of phosphoric acid groups is 1. The van der Waals surface area contributed by atoms with Crippen LogP contribution in [0.15, 0.2) is 0 Å². The molecule has 0 aliphatic rings. The molecule has 0 bridgehead atoms. The Labute approximate surface area is 334 Å². The summed E-state index contributed by atoms with van der Waals surface area (Å²) in [4.78, 5) is 35.2. The predicted octanol–water partition coefficient (Wildman–Crippen LogP) is 12.8. The summed E-state index contributed by atoms with van der Waals surface area (Å²) < 4.78 is 34.2. The van der Waals surface area contributed by atoms with Crippen molar-refractivity contribution >= 4 is 19.8 Å². The van der Waals surface area contributed by atoms with Crippen LogP contribution in [0.25, 0.3) is 0 Å². The summed E-state index contributed by atoms with van der Waals surface area (Å²) in [6.45, 7) is 4.43. The van der Waals surface area contributed by atoms with E-state index >= 15 is 0 Å². The Kier molecular flexibility index (Phi) is 36.9. The van der Waals surface area contributed by atoms with Gasteiger partial charge in [0.1, 0.15) is 19.8 Å². The molecule has 10 heteroatoms. The van der Waals surface area contributed by atoms with E-state index in [0.29, 0.717) is 23.9 Å². The van der Waals surface area contributed by atoms with Crippen molar-refractivity contribution in [3.05, 3.63) is 0 Å². The van der Waals surface area contributed by atoms with Gasteiger partial charge in [-0.15, -0.1) is 0 Å². The van der Waals surface area contributed by atoms with E-state index < -0.39 is 26.5 Å². The number of hydrogen-bond acceptors (Lipinski definition) is 7. The number of carbonyl (C=O) groups is 2. The number of quaternary nitrogens is 1. The molecule has 0 spiro atoms. The van der Waals surface area contributed by atoms with Gasteiger partial charge in [-0.1, -0.05) is 194 Å². The Hall–Kier alpha value is -0.990. The van der Waals surface area contributed by atoms with Gasteiger partial charge in [0.05, 0.1) is 27.7 Å². The molecule has 0 amide bonds. The first-order valence-corrected chi connectivity index (χ1v) is 24.3. The average molecular weight is 791 g/mol. The number of hydrogen-bond donors (Lipinski definition) is 1. The minimum absolute atomic E-state index is 0.0365. The lowest BCUT2D eigenvalue weighted by Gasteiger charge is -2.24. The summed E-state index contributed by atoms with van der Waals surface area (Å²) in [6, 6.07) is 0. The number of esters is 2. The molecule has 0 aliphatic carbocycles. The third-order valence-electron chi connectivity index (χ3n) is 10.1. The van der Waals surface area contributed by atoms with Crippen LogP contribution in [-0.2, 0) is 32.7 Å². The van der Waals surface area contributed by atoms with Gasteiger partial charge in [0.2, 0.25) is 0 Å². The van der Waals surface area contributed by atoms with Gasteiger partial charge in [0.25, 0.3) is 0 Å². The van der Waals surface area contributed by atoms with Crippen LogP contribution in [-0.4, -0.2) is 74.9 Å². The molecule has 0 radical (unpaired) electrons. The molecule has 0 aromatic rings. The predicted molar refractivity (Wildman–Crippen MR) is 225 cm³/mol. The summed E-state index contributed by atoms with van der Waals surface area (Å²) in [5, 5.41) is 0. The van der Waals surface area contributed by atoms with E-state index in [9.17, 15) is 19.0 Å². The van der Waals surface area contributed by atoms with Crippen LogP contribution in [0, 0.1) is 0 Å². The molecule has 0 aliphatic heterocycles. The van der Waals surface area contributed by atoms with Gasteiger partial charge in [0.15, 0.2) is 6.10 Å². The lowest BCUT2D eigenvalue weighted by atomic mass is 10.0. The van der Waals surface area contributed by atoms with Crippen LogP contribution >= 0.6 is 7.82 Å². The molecular formula is C44H89NO8P+. The van der Waals surface area contributed by atoms with Crippen molar-refractivity contribution in [2.75, 3.05) is 47.5 Å². The van der Waals surface area contributed by atoms with Gasteiger partial charge >= 0.3 is 19.8 Å². The summed E-state index contributed by atoms with van der Waals surface area (Å²) >= 11 is 0. The molecule has 0 heterocycles. The maximum absolute atomic E-state index is 12.6. The van der Waals surface area contributed by atoms with E-state index in [-0.39, 0.29) is 25.6 Å². The van der Waals surface area contributed by atoms with Crippen molar-refractivity contribution in [2.24, 2.45) is 0 Å². The first-order valence-electron chi connectivity index (χ1n) is 22.8. The molecule has 2 atom stereocenters.